The molecule has 0 aliphatic carbocycles. The van der Waals surface area contributed by atoms with Crippen molar-refractivity contribution in [1.29, 1.82) is 0 Å². The van der Waals surface area contributed by atoms with E-state index in [0.717, 1.165) is 10.0 Å². The van der Waals surface area contributed by atoms with Crippen LogP contribution in [0.15, 0.2) is 46.9 Å². The van der Waals surface area contributed by atoms with Crippen LogP contribution in [0.25, 0.3) is 0 Å². The molecule has 0 spiro atoms. The third-order valence-electron chi connectivity index (χ3n) is 4.44. The molecule has 29 heavy (non-hydrogen) atoms. The molecule has 8 heteroatoms. The number of rotatable bonds is 6. The standard InChI is InChI=1S/C21H24BrN3O4/c1-13(2)20(14-7-8-17-18(11-14)29-10-9-28-17)25-21(27)23-12-19(26)24-16-6-4-3-5-15(16)22/h3-8,11,13,20H,9-10,12H2,1-2H3,(H,24,26)(H2,23,25,27). The van der Waals surface area contributed by atoms with Crippen LogP contribution >= 0.6 is 15.9 Å². The van der Waals surface area contributed by atoms with Crippen molar-refractivity contribution in [3.8, 4) is 11.5 Å². The number of hydrogen-bond acceptors (Lipinski definition) is 4. The van der Waals surface area contributed by atoms with E-state index in [0.29, 0.717) is 30.4 Å². The van der Waals surface area contributed by atoms with Crippen LogP contribution in [0, 0.1) is 5.92 Å². The molecule has 3 rings (SSSR count). The van der Waals surface area contributed by atoms with Crippen molar-refractivity contribution in [3.05, 3.63) is 52.5 Å². The van der Waals surface area contributed by atoms with Crippen LogP contribution in [-0.2, 0) is 4.79 Å². The molecule has 3 N–H and O–H groups in total. The number of amides is 3. The summed E-state index contributed by atoms with van der Waals surface area (Å²) in [6.07, 6.45) is 0. The zero-order chi connectivity index (χ0) is 20.8. The van der Waals surface area contributed by atoms with Gasteiger partial charge in [-0.2, -0.15) is 0 Å². The van der Waals surface area contributed by atoms with Crippen LogP contribution in [0.2, 0.25) is 0 Å². The molecule has 3 amide bonds. The van der Waals surface area contributed by atoms with E-state index in [2.05, 4.69) is 31.9 Å². The molecule has 1 unspecified atom stereocenters. The molecule has 0 saturated carbocycles. The number of carbonyl (C=O) groups excluding carboxylic acids is 2. The Morgan fingerprint density at radius 2 is 1.79 bits per heavy atom. The molecule has 0 saturated heterocycles. The topological polar surface area (TPSA) is 88.7 Å². The van der Waals surface area contributed by atoms with Gasteiger partial charge in [0.2, 0.25) is 5.91 Å². The Labute approximate surface area is 178 Å². The predicted octanol–water partition coefficient (Wildman–Crippen LogP) is 3.86. The average molecular weight is 462 g/mol. The van der Waals surface area contributed by atoms with E-state index in [-0.39, 0.29) is 24.4 Å². The van der Waals surface area contributed by atoms with Crippen molar-refractivity contribution in [3.63, 3.8) is 0 Å². The van der Waals surface area contributed by atoms with E-state index < -0.39 is 6.03 Å². The van der Waals surface area contributed by atoms with Gasteiger partial charge in [0.1, 0.15) is 13.2 Å². The fourth-order valence-electron chi connectivity index (χ4n) is 3.00. The Hall–Kier alpha value is -2.74. The lowest BCUT2D eigenvalue weighted by Gasteiger charge is -2.25. The van der Waals surface area contributed by atoms with E-state index in [1.807, 2.05) is 50.2 Å². The van der Waals surface area contributed by atoms with Gasteiger partial charge >= 0.3 is 6.03 Å². The number of halogens is 1. The third-order valence-corrected chi connectivity index (χ3v) is 5.13. The third kappa shape index (κ3) is 5.63. The first-order valence-corrected chi connectivity index (χ1v) is 10.2. The summed E-state index contributed by atoms with van der Waals surface area (Å²) in [5.41, 5.74) is 1.56. The SMILES string of the molecule is CC(C)C(NC(=O)NCC(=O)Nc1ccccc1Br)c1ccc2c(c1)OCCO2. The van der Waals surface area contributed by atoms with Crippen LogP contribution in [0.1, 0.15) is 25.5 Å². The Morgan fingerprint density at radius 3 is 2.52 bits per heavy atom. The number of anilines is 1. The highest BCUT2D eigenvalue weighted by atomic mass is 79.9. The van der Waals surface area contributed by atoms with E-state index in [9.17, 15) is 9.59 Å². The number of carbonyl (C=O) groups is 2. The molecule has 1 atom stereocenters. The zero-order valence-corrected chi connectivity index (χ0v) is 17.9. The molecular formula is C21H24BrN3O4. The smallest absolute Gasteiger partial charge is 0.315 e. The number of nitrogens with one attached hydrogen (secondary N) is 3. The van der Waals surface area contributed by atoms with Gasteiger partial charge in [0.25, 0.3) is 0 Å². The van der Waals surface area contributed by atoms with Gasteiger partial charge in [-0.3, -0.25) is 4.79 Å². The van der Waals surface area contributed by atoms with Crippen molar-refractivity contribution in [2.75, 3.05) is 25.1 Å². The summed E-state index contributed by atoms with van der Waals surface area (Å²) in [4.78, 5) is 24.5. The first-order valence-electron chi connectivity index (χ1n) is 9.42. The summed E-state index contributed by atoms with van der Waals surface area (Å²) < 4.78 is 12.0. The monoisotopic (exact) mass is 461 g/mol. The van der Waals surface area contributed by atoms with Gasteiger partial charge in [0.15, 0.2) is 11.5 Å². The molecule has 154 valence electrons. The van der Waals surface area contributed by atoms with Crippen molar-refractivity contribution in [1.82, 2.24) is 10.6 Å². The quantitative estimate of drug-likeness (QED) is 0.609. The number of ether oxygens (including phenoxy) is 2. The van der Waals surface area contributed by atoms with Gasteiger partial charge in [0.05, 0.1) is 18.3 Å². The lowest BCUT2D eigenvalue weighted by Crippen LogP contribution is -2.42. The predicted molar refractivity (Wildman–Crippen MR) is 114 cm³/mol. The van der Waals surface area contributed by atoms with Crippen LogP contribution in [0.5, 0.6) is 11.5 Å². The van der Waals surface area contributed by atoms with Crippen molar-refractivity contribution in [2.24, 2.45) is 5.92 Å². The summed E-state index contributed by atoms with van der Waals surface area (Å²) >= 11 is 3.37. The van der Waals surface area contributed by atoms with Crippen molar-refractivity contribution in [2.45, 2.75) is 19.9 Å². The first kappa shape index (κ1) is 21.0. The summed E-state index contributed by atoms with van der Waals surface area (Å²) in [5, 5.41) is 8.29. The zero-order valence-electron chi connectivity index (χ0n) is 16.3. The molecule has 7 nitrogen and oxygen atoms in total. The number of hydrogen-bond donors (Lipinski definition) is 3. The fourth-order valence-corrected chi connectivity index (χ4v) is 3.38. The van der Waals surface area contributed by atoms with Gasteiger partial charge in [-0.1, -0.05) is 32.0 Å². The maximum absolute atomic E-state index is 12.4. The van der Waals surface area contributed by atoms with Gasteiger partial charge in [-0.15, -0.1) is 0 Å². The highest BCUT2D eigenvalue weighted by molar-refractivity contribution is 9.10. The summed E-state index contributed by atoms with van der Waals surface area (Å²) in [6, 6.07) is 12.3. The maximum Gasteiger partial charge on any atom is 0.315 e. The molecule has 1 aliphatic rings. The minimum atomic E-state index is -0.416. The van der Waals surface area contributed by atoms with Crippen LogP contribution < -0.4 is 25.4 Å². The van der Waals surface area contributed by atoms with Crippen LogP contribution in [-0.4, -0.2) is 31.7 Å². The molecule has 2 aromatic rings. The lowest BCUT2D eigenvalue weighted by atomic mass is 9.95. The lowest BCUT2D eigenvalue weighted by molar-refractivity contribution is -0.115. The fraction of sp³-hybridized carbons (Fsp3) is 0.333. The van der Waals surface area contributed by atoms with Gasteiger partial charge in [-0.25, -0.2) is 4.79 Å². The minimum Gasteiger partial charge on any atom is -0.486 e. The summed E-state index contributed by atoms with van der Waals surface area (Å²) in [6.45, 7) is 4.92. The highest BCUT2D eigenvalue weighted by Crippen LogP contribution is 2.34. The van der Waals surface area contributed by atoms with Crippen molar-refractivity contribution >= 4 is 33.6 Å². The van der Waals surface area contributed by atoms with Crippen LogP contribution in [0.4, 0.5) is 10.5 Å². The molecule has 0 aromatic heterocycles. The molecule has 1 aliphatic heterocycles. The average Bonchev–Trinajstić information content (AvgIpc) is 2.71. The van der Waals surface area contributed by atoms with Gasteiger partial charge in [-0.05, 0) is 51.7 Å². The van der Waals surface area contributed by atoms with E-state index in [1.165, 1.54) is 0 Å². The van der Waals surface area contributed by atoms with E-state index in [1.54, 1.807) is 6.07 Å². The Bertz CT molecular complexity index is 888. The van der Waals surface area contributed by atoms with Crippen molar-refractivity contribution < 1.29 is 19.1 Å². The second-order valence-electron chi connectivity index (χ2n) is 6.98. The largest absolute Gasteiger partial charge is 0.486 e. The molecule has 1 heterocycles. The molecule has 2 aromatic carbocycles. The Balaban J connectivity index is 1.57. The number of urea groups is 1. The van der Waals surface area contributed by atoms with E-state index in [4.69, 9.17) is 9.47 Å². The number of fused-ring (bicyclic) bond motifs is 1. The maximum atomic E-state index is 12.4. The summed E-state index contributed by atoms with van der Waals surface area (Å²) in [7, 11) is 0. The van der Waals surface area contributed by atoms with Gasteiger partial charge in [0, 0.05) is 4.47 Å². The number of para-hydroxylation sites is 1. The Kier molecular flexibility index (Phi) is 6.98. The first-order chi connectivity index (χ1) is 13.9. The molecular weight excluding hydrogens is 438 g/mol. The molecule has 0 radical (unpaired) electrons. The van der Waals surface area contributed by atoms with E-state index >= 15 is 0 Å². The minimum absolute atomic E-state index is 0.136. The highest BCUT2D eigenvalue weighted by Gasteiger charge is 2.21. The molecule has 0 fully saturated rings. The Morgan fingerprint density at radius 1 is 1.07 bits per heavy atom. The second kappa shape index (κ2) is 9.65. The number of benzene rings is 2. The molecule has 0 bridgehead atoms. The van der Waals surface area contributed by atoms with Crippen LogP contribution in [0.3, 0.4) is 0 Å². The van der Waals surface area contributed by atoms with Gasteiger partial charge < -0.3 is 25.4 Å². The second-order valence-corrected chi connectivity index (χ2v) is 7.83. The summed E-state index contributed by atoms with van der Waals surface area (Å²) in [5.74, 6) is 1.20. The normalized spacial score (nSPS) is 13.5.